The smallest absolute Gasteiger partial charge is 0.289 e. The summed E-state index contributed by atoms with van der Waals surface area (Å²) in [6, 6.07) is 15.1. The van der Waals surface area contributed by atoms with Gasteiger partial charge in [-0.05, 0) is 99.6 Å². The van der Waals surface area contributed by atoms with Gasteiger partial charge in [-0.3, -0.25) is 9.59 Å². The van der Waals surface area contributed by atoms with E-state index in [9.17, 15) is 9.59 Å². The predicted octanol–water partition coefficient (Wildman–Crippen LogP) is 6.29. The number of nitrogens with zero attached hydrogens (tertiary/aromatic N) is 2. The maximum Gasteiger partial charge on any atom is 0.289 e. The third kappa shape index (κ3) is 8.09. The monoisotopic (exact) mass is 551 g/mol. The normalized spacial score (nSPS) is 20.2. The number of amides is 2. The molecule has 2 atom stereocenters. The third-order valence-corrected chi connectivity index (χ3v) is 7.82. The summed E-state index contributed by atoms with van der Waals surface area (Å²) in [4.78, 5) is 30.6. The Balaban J connectivity index is 1.38. The van der Waals surface area contributed by atoms with E-state index < -0.39 is 0 Å². The number of nitrogens with one attached hydrogen (secondary N) is 1. The van der Waals surface area contributed by atoms with Crippen molar-refractivity contribution < 1.29 is 14.3 Å². The molecule has 2 unspecified atom stereocenters. The highest BCUT2D eigenvalue weighted by Gasteiger charge is 2.41. The van der Waals surface area contributed by atoms with E-state index in [0.29, 0.717) is 29.4 Å². The number of morpholine rings is 1. The standard InChI is InChI=1S/C32H42ClN3O3/c1-3-19-35(20-4-2)21-7-18-34-31(37)26-14-10-24(11-15-26)22-30-32(38)36(23-25-12-16-27(33)17-13-25)28-8-5-6-9-29(28)39-30/h10-17,22,28-29H,3-9,18-21,23H2,1-2H3,(H,34,37)/b30-22-. The Bertz CT molecular complexity index is 1110. The Morgan fingerprint density at radius 2 is 1.72 bits per heavy atom. The van der Waals surface area contributed by atoms with Crippen molar-refractivity contribution in [1.82, 2.24) is 15.1 Å². The zero-order valence-corrected chi connectivity index (χ0v) is 24.1. The molecule has 1 aliphatic carbocycles. The molecule has 2 aliphatic rings. The van der Waals surface area contributed by atoms with Gasteiger partial charge in [0.05, 0.1) is 6.04 Å². The summed E-state index contributed by atoms with van der Waals surface area (Å²) >= 11 is 6.07. The second-order valence-corrected chi connectivity index (χ2v) is 11.1. The van der Waals surface area contributed by atoms with Crippen LogP contribution >= 0.6 is 11.6 Å². The summed E-state index contributed by atoms with van der Waals surface area (Å²) < 4.78 is 6.26. The van der Waals surface area contributed by atoms with Gasteiger partial charge in [0, 0.05) is 23.7 Å². The van der Waals surface area contributed by atoms with E-state index in [1.54, 1.807) is 6.08 Å². The first-order chi connectivity index (χ1) is 19.0. The summed E-state index contributed by atoms with van der Waals surface area (Å²) in [7, 11) is 0. The van der Waals surface area contributed by atoms with E-state index >= 15 is 0 Å². The van der Waals surface area contributed by atoms with E-state index in [1.165, 1.54) is 0 Å². The first-order valence-corrected chi connectivity index (χ1v) is 14.9. The van der Waals surface area contributed by atoms with E-state index in [4.69, 9.17) is 16.3 Å². The fourth-order valence-corrected chi connectivity index (χ4v) is 5.73. The molecule has 2 aromatic carbocycles. The lowest BCUT2D eigenvalue weighted by Crippen LogP contribution is -2.54. The average molecular weight is 552 g/mol. The Morgan fingerprint density at radius 3 is 2.41 bits per heavy atom. The highest BCUT2D eigenvalue weighted by molar-refractivity contribution is 6.30. The lowest BCUT2D eigenvalue weighted by atomic mass is 9.89. The molecule has 0 aromatic heterocycles. The maximum atomic E-state index is 13.5. The van der Waals surface area contributed by atoms with E-state index in [-0.39, 0.29) is 24.0 Å². The quantitative estimate of drug-likeness (QED) is 0.249. The SMILES string of the molecule is CCCN(CCC)CCCNC(=O)c1ccc(/C=C2\OC3CCCCC3N(Cc3ccc(Cl)cc3)C2=O)cc1. The number of benzene rings is 2. The molecule has 210 valence electrons. The van der Waals surface area contributed by atoms with Crippen molar-refractivity contribution in [3.8, 4) is 0 Å². The molecule has 2 amide bonds. The molecule has 0 spiro atoms. The van der Waals surface area contributed by atoms with Crippen LogP contribution in [0.3, 0.4) is 0 Å². The molecule has 2 fully saturated rings. The minimum atomic E-state index is -0.0879. The fraction of sp³-hybridized carbons (Fsp3) is 0.500. The van der Waals surface area contributed by atoms with Crippen molar-refractivity contribution in [3.63, 3.8) is 0 Å². The van der Waals surface area contributed by atoms with Crippen molar-refractivity contribution in [3.05, 3.63) is 76.0 Å². The molecule has 1 heterocycles. The van der Waals surface area contributed by atoms with Crippen molar-refractivity contribution in [2.24, 2.45) is 0 Å². The van der Waals surface area contributed by atoms with Crippen molar-refractivity contribution in [2.75, 3.05) is 26.2 Å². The van der Waals surface area contributed by atoms with Gasteiger partial charge >= 0.3 is 0 Å². The van der Waals surface area contributed by atoms with Gasteiger partial charge in [0.15, 0.2) is 5.76 Å². The van der Waals surface area contributed by atoms with Crippen LogP contribution < -0.4 is 5.32 Å². The van der Waals surface area contributed by atoms with E-state index in [1.807, 2.05) is 53.4 Å². The Kier molecular flexibility index (Phi) is 10.9. The van der Waals surface area contributed by atoms with E-state index in [2.05, 4.69) is 24.1 Å². The van der Waals surface area contributed by atoms with Crippen LogP contribution in [0.2, 0.25) is 5.02 Å². The van der Waals surface area contributed by atoms with Crippen LogP contribution in [-0.4, -0.2) is 59.9 Å². The van der Waals surface area contributed by atoms with Gasteiger partial charge in [0.2, 0.25) is 0 Å². The minimum Gasteiger partial charge on any atom is -0.482 e. The predicted molar refractivity (Wildman–Crippen MR) is 158 cm³/mol. The van der Waals surface area contributed by atoms with Crippen LogP contribution in [0, 0.1) is 0 Å². The maximum absolute atomic E-state index is 13.5. The summed E-state index contributed by atoms with van der Waals surface area (Å²) in [5, 5.41) is 3.72. The van der Waals surface area contributed by atoms with Crippen LogP contribution in [0.5, 0.6) is 0 Å². The minimum absolute atomic E-state index is 0.00521. The molecular formula is C32H42ClN3O3. The fourth-order valence-electron chi connectivity index (χ4n) is 5.60. The second kappa shape index (κ2) is 14.5. The number of halogens is 1. The molecule has 0 bridgehead atoms. The topological polar surface area (TPSA) is 61.9 Å². The van der Waals surface area contributed by atoms with Crippen molar-refractivity contribution in [2.45, 2.75) is 77.5 Å². The van der Waals surface area contributed by atoms with Gasteiger partial charge in [-0.1, -0.05) is 56.1 Å². The van der Waals surface area contributed by atoms with Gasteiger partial charge < -0.3 is 19.9 Å². The number of hydrogen-bond donors (Lipinski definition) is 1. The lowest BCUT2D eigenvalue weighted by molar-refractivity contribution is -0.149. The Labute approximate surface area is 238 Å². The number of carbonyl (C=O) groups excluding carboxylic acids is 2. The number of rotatable bonds is 12. The third-order valence-electron chi connectivity index (χ3n) is 7.57. The zero-order chi connectivity index (χ0) is 27.6. The Hall–Kier alpha value is -2.83. The van der Waals surface area contributed by atoms with Gasteiger partial charge in [-0.2, -0.15) is 0 Å². The van der Waals surface area contributed by atoms with Gasteiger partial charge in [-0.25, -0.2) is 0 Å². The summed E-state index contributed by atoms with van der Waals surface area (Å²) in [5.41, 5.74) is 2.51. The van der Waals surface area contributed by atoms with Gasteiger partial charge in [0.25, 0.3) is 11.8 Å². The first kappa shape index (κ1) is 29.2. The number of carbonyl (C=O) groups is 2. The Morgan fingerprint density at radius 1 is 1.03 bits per heavy atom. The molecule has 7 heteroatoms. The summed E-state index contributed by atoms with van der Waals surface area (Å²) in [6.07, 6.45) is 9.15. The summed E-state index contributed by atoms with van der Waals surface area (Å²) in [6.45, 7) is 8.79. The molecule has 0 radical (unpaired) electrons. The highest BCUT2D eigenvalue weighted by Crippen LogP contribution is 2.34. The van der Waals surface area contributed by atoms with Crippen LogP contribution in [0.25, 0.3) is 6.08 Å². The molecule has 1 saturated carbocycles. The van der Waals surface area contributed by atoms with Crippen LogP contribution in [-0.2, 0) is 16.1 Å². The number of fused-ring (bicyclic) bond motifs is 1. The largest absolute Gasteiger partial charge is 0.482 e. The van der Waals surface area contributed by atoms with E-state index in [0.717, 1.165) is 75.7 Å². The van der Waals surface area contributed by atoms with Crippen molar-refractivity contribution in [1.29, 1.82) is 0 Å². The van der Waals surface area contributed by atoms with Crippen LogP contribution in [0.15, 0.2) is 54.3 Å². The molecular weight excluding hydrogens is 510 g/mol. The molecule has 6 nitrogen and oxygen atoms in total. The van der Waals surface area contributed by atoms with Gasteiger partial charge in [0.1, 0.15) is 6.10 Å². The number of hydrogen-bond acceptors (Lipinski definition) is 4. The van der Waals surface area contributed by atoms with Gasteiger partial charge in [-0.15, -0.1) is 0 Å². The number of ether oxygens (including phenoxy) is 1. The average Bonchev–Trinajstić information content (AvgIpc) is 2.95. The molecule has 2 aromatic rings. The summed E-state index contributed by atoms with van der Waals surface area (Å²) in [5.74, 6) is 0.207. The second-order valence-electron chi connectivity index (χ2n) is 10.6. The van der Waals surface area contributed by atoms with Crippen LogP contribution in [0.1, 0.15) is 80.3 Å². The molecule has 4 rings (SSSR count). The highest BCUT2D eigenvalue weighted by atomic mass is 35.5. The molecule has 39 heavy (non-hydrogen) atoms. The first-order valence-electron chi connectivity index (χ1n) is 14.5. The van der Waals surface area contributed by atoms with Crippen molar-refractivity contribution >= 4 is 29.5 Å². The molecule has 1 aliphatic heterocycles. The lowest BCUT2D eigenvalue weighted by Gasteiger charge is -2.44. The zero-order valence-electron chi connectivity index (χ0n) is 23.3. The van der Waals surface area contributed by atoms with Crippen LogP contribution in [0.4, 0.5) is 0 Å². The molecule has 1 saturated heterocycles. The molecule has 1 N–H and O–H groups in total.